The fourth-order valence-electron chi connectivity index (χ4n) is 4.65. The van der Waals surface area contributed by atoms with Crippen LogP contribution in [-0.4, -0.2) is 30.3 Å². The van der Waals surface area contributed by atoms with E-state index >= 15 is 0 Å². The summed E-state index contributed by atoms with van der Waals surface area (Å²) in [7, 11) is 1.58. The van der Waals surface area contributed by atoms with Crippen molar-refractivity contribution in [1.82, 2.24) is 9.97 Å². The van der Waals surface area contributed by atoms with Gasteiger partial charge in [-0.15, -0.1) is 0 Å². The van der Waals surface area contributed by atoms with Crippen molar-refractivity contribution < 1.29 is 23.0 Å². The molecule has 0 fully saturated rings. The van der Waals surface area contributed by atoms with Gasteiger partial charge in [0.15, 0.2) is 0 Å². The molecule has 0 spiro atoms. The van der Waals surface area contributed by atoms with Crippen LogP contribution in [0.25, 0.3) is 32.9 Å². The summed E-state index contributed by atoms with van der Waals surface area (Å²) in [5.74, 6) is 0.618. The maximum atomic E-state index is 14.4. The minimum absolute atomic E-state index is 0.0185. The number of aryl methyl sites for hydroxylation is 2. The SMILES string of the molecule is CCCOc1ccc(F)c2c(=O)c(-c3ccc(OC)cc3)c(C)[nH]c12.CCCOc1ccc(F)c2c(=O)c(I)c(C)[nH]c12. The molecule has 0 aliphatic heterocycles. The summed E-state index contributed by atoms with van der Waals surface area (Å²) in [4.78, 5) is 31.3. The van der Waals surface area contributed by atoms with E-state index in [0.29, 0.717) is 61.9 Å². The predicted octanol–water partition coefficient (Wildman–Crippen LogP) is 7.81. The third kappa shape index (κ3) is 6.69. The molecule has 0 amide bonds. The zero-order valence-corrected chi connectivity index (χ0v) is 26.8. The van der Waals surface area contributed by atoms with Gasteiger partial charge in [-0.05, 0) is 91.2 Å². The van der Waals surface area contributed by atoms with Gasteiger partial charge in [-0.25, -0.2) is 8.78 Å². The Kier molecular flexibility index (Phi) is 10.4. The van der Waals surface area contributed by atoms with E-state index in [0.717, 1.165) is 18.5 Å². The fraction of sp³-hybridized carbons (Fsp3) is 0.273. The van der Waals surface area contributed by atoms with Gasteiger partial charge >= 0.3 is 0 Å². The first kappa shape index (κ1) is 32.0. The summed E-state index contributed by atoms with van der Waals surface area (Å²) >= 11 is 1.92. The van der Waals surface area contributed by atoms with Crippen LogP contribution in [0.5, 0.6) is 17.2 Å². The standard InChI is InChI=1S/C20H20FNO3.C13H13FINO2/c1-4-11-25-16-10-9-15(21)18-19(16)22-12(2)17(20(18)23)13-5-7-14(24-3)8-6-13;1-3-6-18-9-5-4-8(14)10-12(9)16-7(2)11(15)13(10)17/h5-10H,4,11H2,1-3H3,(H,22,23);4-5H,3,6H2,1-2H3,(H,16,17). The van der Waals surface area contributed by atoms with Crippen molar-refractivity contribution in [3.8, 4) is 28.4 Å². The van der Waals surface area contributed by atoms with Gasteiger partial charge in [-0.1, -0.05) is 26.0 Å². The Morgan fingerprint density at radius 2 is 1.21 bits per heavy atom. The number of nitrogens with one attached hydrogen (secondary N) is 2. The van der Waals surface area contributed by atoms with Crippen molar-refractivity contribution in [2.75, 3.05) is 20.3 Å². The number of aromatic amines is 2. The number of aromatic nitrogens is 2. The predicted molar refractivity (Wildman–Crippen MR) is 175 cm³/mol. The van der Waals surface area contributed by atoms with E-state index in [2.05, 4.69) is 9.97 Å². The molecule has 10 heteroatoms. The zero-order valence-electron chi connectivity index (χ0n) is 24.6. The summed E-state index contributed by atoms with van der Waals surface area (Å²) in [6, 6.07) is 12.8. The monoisotopic (exact) mass is 702 g/mol. The number of fused-ring (bicyclic) bond motifs is 2. The van der Waals surface area contributed by atoms with Crippen LogP contribution in [0.15, 0.2) is 58.1 Å². The van der Waals surface area contributed by atoms with Crippen LogP contribution in [0.3, 0.4) is 0 Å². The molecule has 0 aliphatic rings. The lowest BCUT2D eigenvalue weighted by Gasteiger charge is -2.13. The van der Waals surface area contributed by atoms with Crippen molar-refractivity contribution >= 4 is 44.4 Å². The molecule has 5 rings (SSSR count). The first-order chi connectivity index (χ1) is 20.6. The van der Waals surface area contributed by atoms with Crippen LogP contribution < -0.4 is 25.1 Å². The number of benzene rings is 3. The number of halogens is 3. The zero-order chi connectivity index (χ0) is 31.3. The topological polar surface area (TPSA) is 93.4 Å². The molecule has 0 radical (unpaired) electrons. The first-order valence-corrected chi connectivity index (χ1v) is 15.0. The van der Waals surface area contributed by atoms with Crippen LogP contribution in [0, 0.1) is 29.1 Å². The number of H-pyrrole nitrogens is 2. The van der Waals surface area contributed by atoms with E-state index in [1.165, 1.54) is 12.1 Å². The molecule has 5 aromatic rings. The van der Waals surface area contributed by atoms with Crippen LogP contribution in [0.2, 0.25) is 0 Å². The summed E-state index contributed by atoms with van der Waals surface area (Å²) in [6.07, 6.45) is 1.68. The Balaban J connectivity index is 0.000000208. The summed E-state index contributed by atoms with van der Waals surface area (Å²) in [5.41, 5.74) is 2.73. The normalized spacial score (nSPS) is 10.9. The molecule has 2 aromatic heterocycles. The van der Waals surface area contributed by atoms with Crippen molar-refractivity contribution in [3.63, 3.8) is 0 Å². The average molecular weight is 703 g/mol. The highest BCUT2D eigenvalue weighted by atomic mass is 127. The Hall–Kier alpha value is -3.93. The molecule has 0 saturated carbocycles. The number of hydrogen-bond acceptors (Lipinski definition) is 5. The lowest BCUT2D eigenvalue weighted by molar-refractivity contribution is 0.320. The van der Waals surface area contributed by atoms with E-state index in [9.17, 15) is 18.4 Å². The van der Waals surface area contributed by atoms with Crippen molar-refractivity contribution in [2.24, 2.45) is 0 Å². The van der Waals surface area contributed by atoms with Crippen LogP contribution >= 0.6 is 22.6 Å². The van der Waals surface area contributed by atoms with Crippen molar-refractivity contribution in [3.05, 3.63) is 95.6 Å². The number of pyridine rings is 2. The molecule has 0 bridgehead atoms. The maximum Gasteiger partial charge on any atom is 0.206 e. The fourth-order valence-corrected chi connectivity index (χ4v) is 5.05. The minimum atomic E-state index is -0.560. The Labute approximate surface area is 261 Å². The van der Waals surface area contributed by atoms with Crippen molar-refractivity contribution in [1.29, 1.82) is 0 Å². The summed E-state index contributed by atoms with van der Waals surface area (Å²) in [5, 5.41) is 0.0867. The third-order valence-corrected chi connectivity index (χ3v) is 8.04. The van der Waals surface area contributed by atoms with Gasteiger partial charge in [-0.3, -0.25) is 9.59 Å². The molecule has 2 N–H and O–H groups in total. The number of ether oxygens (including phenoxy) is 3. The molecule has 2 heterocycles. The Morgan fingerprint density at radius 3 is 1.70 bits per heavy atom. The van der Waals surface area contributed by atoms with Gasteiger partial charge in [-0.2, -0.15) is 0 Å². The molecule has 3 aromatic carbocycles. The number of methoxy groups -OCH3 is 1. The quantitative estimate of drug-likeness (QED) is 0.161. The van der Waals surface area contributed by atoms with Crippen molar-refractivity contribution in [2.45, 2.75) is 40.5 Å². The Morgan fingerprint density at radius 1 is 0.721 bits per heavy atom. The van der Waals surface area contributed by atoms with Gasteiger partial charge in [0.1, 0.15) is 28.9 Å². The second kappa shape index (κ2) is 14.0. The highest BCUT2D eigenvalue weighted by Gasteiger charge is 2.18. The first-order valence-electron chi connectivity index (χ1n) is 13.9. The molecular weight excluding hydrogens is 669 g/mol. The van der Waals surface area contributed by atoms with E-state index in [4.69, 9.17) is 14.2 Å². The Bertz CT molecular complexity index is 1880. The molecule has 0 aliphatic carbocycles. The molecule has 226 valence electrons. The van der Waals surface area contributed by atoms with Gasteiger partial charge in [0.05, 0.1) is 45.7 Å². The molecular formula is C33H33F2IN2O5. The molecule has 0 unspecified atom stereocenters. The van der Waals surface area contributed by atoms with Gasteiger partial charge in [0, 0.05) is 17.0 Å². The number of rotatable bonds is 8. The van der Waals surface area contributed by atoms with Crippen LogP contribution in [0.1, 0.15) is 38.1 Å². The minimum Gasteiger partial charge on any atom is -0.497 e. The molecule has 0 saturated heterocycles. The summed E-state index contributed by atoms with van der Waals surface area (Å²) in [6.45, 7) is 8.60. The third-order valence-electron chi connectivity index (χ3n) is 6.74. The lowest BCUT2D eigenvalue weighted by atomic mass is 10.0. The lowest BCUT2D eigenvalue weighted by Crippen LogP contribution is -2.12. The highest BCUT2D eigenvalue weighted by Crippen LogP contribution is 2.30. The van der Waals surface area contributed by atoms with Gasteiger partial charge < -0.3 is 24.2 Å². The molecule has 7 nitrogen and oxygen atoms in total. The average Bonchev–Trinajstić information content (AvgIpc) is 2.99. The second-order valence-electron chi connectivity index (χ2n) is 9.86. The highest BCUT2D eigenvalue weighted by molar-refractivity contribution is 14.1. The second-order valence-corrected chi connectivity index (χ2v) is 10.9. The van der Waals surface area contributed by atoms with E-state index < -0.39 is 11.6 Å². The smallest absolute Gasteiger partial charge is 0.206 e. The molecule has 43 heavy (non-hydrogen) atoms. The number of hydrogen-bond donors (Lipinski definition) is 2. The van der Waals surface area contributed by atoms with Crippen LogP contribution in [-0.2, 0) is 0 Å². The van der Waals surface area contributed by atoms with Gasteiger partial charge in [0.25, 0.3) is 0 Å². The maximum absolute atomic E-state index is 14.4. The summed E-state index contributed by atoms with van der Waals surface area (Å²) < 4.78 is 45.0. The largest absolute Gasteiger partial charge is 0.497 e. The van der Waals surface area contributed by atoms with Crippen LogP contribution in [0.4, 0.5) is 8.78 Å². The van der Waals surface area contributed by atoms with E-state index in [1.54, 1.807) is 57.4 Å². The van der Waals surface area contributed by atoms with Gasteiger partial charge in [0.2, 0.25) is 10.9 Å². The molecule has 0 atom stereocenters. The van der Waals surface area contributed by atoms with E-state index in [1.807, 2.05) is 36.4 Å². The van der Waals surface area contributed by atoms with E-state index in [-0.39, 0.29) is 21.6 Å².